The monoisotopic (exact) mass is 440 g/mol. The summed E-state index contributed by atoms with van der Waals surface area (Å²) in [6.45, 7) is 2.27. The molecule has 0 saturated carbocycles. The van der Waals surface area contributed by atoms with Gasteiger partial charge in [-0.25, -0.2) is 16.8 Å². The van der Waals surface area contributed by atoms with Gasteiger partial charge in [0.25, 0.3) is 10.0 Å². The van der Waals surface area contributed by atoms with Crippen molar-refractivity contribution in [1.29, 1.82) is 0 Å². The molecule has 0 aromatic heterocycles. The van der Waals surface area contributed by atoms with Crippen LogP contribution in [0.3, 0.4) is 0 Å². The van der Waals surface area contributed by atoms with Crippen LogP contribution in [0.5, 0.6) is 11.5 Å². The Balaban J connectivity index is 1.89. The van der Waals surface area contributed by atoms with E-state index in [4.69, 9.17) is 9.47 Å². The van der Waals surface area contributed by atoms with Gasteiger partial charge in [-0.1, -0.05) is 6.07 Å². The second-order valence-corrected chi connectivity index (χ2v) is 10.5. The van der Waals surface area contributed by atoms with E-state index in [9.17, 15) is 16.8 Å². The van der Waals surface area contributed by atoms with Gasteiger partial charge in [-0.05, 0) is 48.7 Å². The number of rotatable bonds is 7. The van der Waals surface area contributed by atoms with Gasteiger partial charge >= 0.3 is 0 Å². The van der Waals surface area contributed by atoms with Gasteiger partial charge in [0, 0.05) is 24.8 Å². The van der Waals surface area contributed by atoms with Crippen LogP contribution >= 0.6 is 0 Å². The van der Waals surface area contributed by atoms with Crippen LogP contribution in [0, 0.1) is 0 Å². The predicted octanol–water partition coefficient (Wildman–Crippen LogP) is 2.21. The third-order valence-corrected chi connectivity index (χ3v) is 8.10. The maximum atomic E-state index is 12.9. The summed E-state index contributed by atoms with van der Waals surface area (Å²) in [4.78, 5) is -0.0197. The summed E-state index contributed by atoms with van der Waals surface area (Å²) in [5, 5.41) is 0. The molecule has 2 aromatic carbocycles. The molecule has 0 radical (unpaired) electrons. The first-order valence-corrected chi connectivity index (χ1v) is 12.1. The topological polar surface area (TPSA) is 102 Å². The molecule has 1 N–H and O–H groups in total. The van der Waals surface area contributed by atoms with Gasteiger partial charge in [0.05, 0.1) is 20.0 Å². The largest absolute Gasteiger partial charge is 0.497 e. The molecular weight excluding hydrogens is 416 g/mol. The van der Waals surface area contributed by atoms with Gasteiger partial charge in [0.1, 0.15) is 16.4 Å². The molecule has 0 aliphatic carbocycles. The number of hydrogen-bond acceptors (Lipinski definition) is 6. The van der Waals surface area contributed by atoms with Crippen molar-refractivity contribution in [2.45, 2.75) is 24.8 Å². The zero-order chi connectivity index (χ0) is 21.2. The fourth-order valence-corrected chi connectivity index (χ4v) is 5.49. The van der Waals surface area contributed by atoms with E-state index in [-0.39, 0.29) is 22.9 Å². The van der Waals surface area contributed by atoms with Crippen LogP contribution in [0.1, 0.15) is 18.1 Å². The van der Waals surface area contributed by atoms with E-state index in [1.54, 1.807) is 19.1 Å². The van der Waals surface area contributed by atoms with Crippen LogP contribution in [0.25, 0.3) is 0 Å². The van der Waals surface area contributed by atoms with Crippen molar-refractivity contribution in [3.8, 4) is 11.5 Å². The summed E-state index contributed by atoms with van der Waals surface area (Å²) >= 11 is 0. The van der Waals surface area contributed by atoms with Crippen LogP contribution in [-0.4, -0.2) is 47.7 Å². The lowest BCUT2D eigenvalue weighted by Gasteiger charge is -2.28. The number of methoxy groups -OCH3 is 2. The van der Waals surface area contributed by atoms with E-state index < -0.39 is 20.0 Å². The summed E-state index contributed by atoms with van der Waals surface area (Å²) in [7, 11) is -4.35. The molecule has 0 amide bonds. The summed E-state index contributed by atoms with van der Waals surface area (Å²) < 4.78 is 64.4. The standard InChI is InChI=1S/C19H24N2O6S2/c1-4-28(22,23)21-10-9-14-5-6-16(11-15(14)13-21)20-29(24,25)19-8-7-17(26-2)12-18(19)27-3/h5-8,11-12,20H,4,9-10,13H2,1-3H3. The lowest BCUT2D eigenvalue weighted by atomic mass is 10.0. The summed E-state index contributed by atoms with van der Waals surface area (Å²) in [6, 6.07) is 9.63. The summed E-state index contributed by atoms with van der Waals surface area (Å²) in [5.41, 5.74) is 2.16. The minimum Gasteiger partial charge on any atom is -0.497 e. The highest BCUT2D eigenvalue weighted by atomic mass is 32.2. The Hall–Kier alpha value is -2.30. The Kier molecular flexibility index (Phi) is 6.06. The molecule has 158 valence electrons. The first kappa shape index (κ1) is 21.4. The average molecular weight is 441 g/mol. The van der Waals surface area contributed by atoms with Gasteiger partial charge in [0.15, 0.2) is 0 Å². The molecule has 8 nitrogen and oxygen atoms in total. The Morgan fingerprint density at radius 2 is 1.76 bits per heavy atom. The second-order valence-electron chi connectivity index (χ2n) is 6.59. The number of nitrogens with one attached hydrogen (secondary N) is 1. The number of anilines is 1. The molecule has 1 aliphatic heterocycles. The molecule has 29 heavy (non-hydrogen) atoms. The van der Waals surface area contributed by atoms with Crippen molar-refractivity contribution in [3.63, 3.8) is 0 Å². The molecule has 0 saturated heterocycles. The van der Waals surface area contributed by atoms with Crippen molar-refractivity contribution >= 4 is 25.7 Å². The lowest BCUT2D eigenvalue weighted by molar-refractivity contribution is 0.386. The summed E-state index contributed by atoms with van der Waals surface area (Å²) in [5.74, 6) is 0.674. The SMILES string of the molecule is CCS(=O)(=O)N1CCc2ccc(NS(=O)(=O)c3ccc(OC)cc3OC)cc2C1. The van der Waals surface area contributed by atoms with Crippen molar-refractivity contribution < 1.29 is 26.3 Å². The number of sulfonamides is 2. The van der Waals surface area contributed by atoms with E-state index in [0.717, 1.165) is 11.1 Å². The van der Waals surface area contributed by atoms with Crippen LogP contribution in [0.4, 0.5) is 5.69 Å². The Bertz CT molecular complexity index is 1110. The highest BCUT2D eigenvalue weighted by molar-refractivity contribution is 7.92. The number of fused-ring (bicyclic) bond motifs is 1. The third kappa shape index (κ3) is 4.49. The fourth-order valence-electron chi connectivity index (χ4n) is 3.22. The molecule has 3 rings (SSSR count). The summed E-state index contributed by atoms with van der Waals surface area (Å²) in [6.07, 6.45) is 0.591. The van der Waals surface area contributed by atoms with Crippen molar-refractivity contribution in [2.24, 2.45) is 0 Å². The first-order valence-electron chi connectivity index (χ1n) is 9.04. The maximum Gasteiger partial charge on any atom is 0.265 e. The first-order chi connectivity index (χ1) is 13.7. The highest BCUT2D eigenvalue weighted by Gasteiger charge is 2.26. The van der Waals surface area contributed by atoms with E-state index in [0.29, 0.717) is 24.4 Å². The van der Waals surface area contributed by atoms with Crippen molar-refractivity contribution in [2.75, 3.05) is 31.2 Å². The third-order valence-electron chi connectivity index (χ3n) is 4.85. The Labute approximate surface area is 171 Å². The van der Waals surface area contributed by atoms with E-state index in [2.05, 4.69) is 4.72 Å². The average Bonchev–Trinajstić information content (AvgIpc) is 2.72. The number of ether oxygens (including phenoxy) is 2. The molecule has 0 spiro atoms. The number of benzene rings is 2. The molecule has 10 heteroatoms. The zero-order valence-electron chi connectivity index (χ0n) is 16.5. The molecule has 0 fully saturated rings. The van der Waals surface area contributed by atoms with Crippen LogP contribution in [-0.2, 0) is 33.0 Å². The van der Waals surface area contributed by atoms with Crippen LogP contribution in [0.2, 0.25) is 0 Å². The van der Waals surface area contributed by atoms with Crippen molar-refractivity contribution in [3.05, 3.63) is 47.5 Å². The number of hydrogen-bond donors (Lipinski definition) is 1. The number of nitrogens with zero attached hydrogens (tertiary/aromatic N) is 1. The molecule has 0 unspecified atom stereocenters. The molecule has 0 atom stereocenters. The van der Waals surface area contributed by atoms with Gasteiger partial charge < -0.3 is 9.47 Å². The van der Waals surface area contributed by atoms with Gasteiger partial charge in [0.2, 0.25) is 10.0 Å². The maximum absolute atomic E-state index is 12.9. The molecular formula is C19H24N2O6S2. The van der Waals surface area contributed by atoms with Crippen molar-refractivity contribution in [1.82, 2.24) is 4.31 Å². The Morgan fingerprint density at radius 1 is 1.00 bits per heavy atom. The van der Waals surface area contributed by atoms with Crippen LogP contribution < -0.4 is 14.2 Å². The normalized spacial score (nSPS) is 14.9. The second kappa shape index (κ2) is 8.21. The van der Waals surface area contributed by atoms with Gasteiger partial charge in [-0.2, -0.15) is 4.31 Å². The minimum atomic E-state index is -3.92. The quantitative estimate of drug-likeness (QED) is 0.708. The van der Waals surface area contributed by atoms with E-state index in [1.807, 2.05) is 6.07 Å². The molecule has 2 aromatic rings. The molecule has 0 bridgehead atoms. The smallest absolute Gasteiger partial charge is 0.265 e. The molecule has 1 aliphatic rings. The van der Waals surface area contributed by atoms with Crippen LogP contribution in [0.15, 0.2) is 41.3 Å². The Morgan fingerprint density at radius 3 is 2.41 bits per heavy atom. The van der Waals surface area contributed by atoms with E-state index in [1.165, 1.54) is 36.7 Å². The lowest BCUT2D eigenvalue weighted by Crippen LogP contribution is -2.36. The predicted molar refractivity (Wildman–Crippen MR) is 110 cm³/mol. The van der Waals surface area contributed by atoms with E-state index >= 15 is 0 Å². The minimum absolute atomic E-state index is 0.0197. The fraction of sp³-hybridized carbons (Fsp3) is 0.368. The zero-order valence-corrected chi connectivity index (χ0v) is 18.1. The molecule has 1 heterocycles. The highest BCUT2D eigenvalue weighted by Crippen LogP contribution is 2.31. The van der Waals surface area contributed by atoms with Gasteiger partial charge in [-0.15, -0.1) is 0 Å². The van der Waals surface area contributed by atoms with Gasteiger partial charge in [-0.3, -0.25) is 4.72 Å².